The summed E-state index contributed by atoms with van der Waals surface area (Å²) in [4.78, 5) is 8.45. The molecule has 0 unspecified atom stereocenters. The summed E-state index contributed by atoms with van der Waals surface area (Å²) >= 11 is 1.55. The SMILES string of the molecule is CC(C)(C)NCc1ncnn1-c1nccs1. The summed E-state index contributed by atoms with van der Waals surface area (Å²) in [6, 6.07) is 0. The predicted octanol–water partition coefficient (Wildman–Crippen LogP) is 1.61. The zero-order chi connectivity index (χ0) is 11.6. The first-order valence-corrected chi connectivity index (χ1v) is 5.98. The fourth-order valence-corrected chi connectivity index (χ4v) is 1.83. The minimum Gasteiger partial charge on any atom is -0.305 e. The third kappa shape index (κ3) is 2.65. The molecule has 6 heteroatoms. The Morgan fingerprint density at radius 3 is 2.81 bits per heavy atom. The number of nitrogens with zero attached hydrogens (tertiary/aromatic N) is 4. The van der Waals surface area contributed by atoms with Gasteiger partial charge in [-0.15, -0.1) is 11.3 Å². The molecule has 2 aromatic rings. The molecule has 0 aliphatic rings. The summed E-state index contributed by atoms with van der Waals surface area (Å²) in [5.74, 6) is 0.880. The first-order valence-electron chi connectivity index (χ1n) is 5.10. The van der Waals surface area contributed by atoms with Crippen LogP contribution >= 0.6 is 11.3 Å². The van der Waals surface area contributed by atoms with Gasteiger partial charge in [-0.05, 0) is 20.8 Å². The molecule has 2 heterocycles. The van der Waals surface area contributed by atoms with Crippen LogP contribution in [0.2, 0.25) is 0 Å². The van der Waals surface area contributed by atoms with E-state index in [1.54, 1.807) is 28.5 Å². The summed E-state index contributed by atoms with van der Waals surface area (Å²) in [6.45, 7) is 7.05. The lowest BCUT2D eigenvalue weighted by Crippen LogP contribution is -2.35. The van der Waals surface area contributed by atoms with Gasteiger partial charge in [-0.3, -0.25) is 0 Å². The Bertz CT molecular complexity index is 440. The van der Waals surface area contributed by atoms with Crippen molar-refractivity contribution < 1.29 is 0 Å². The lowest BCUT2D eigenvalue weighted by atomic mass is 10.1. The van der Waals surface area contributed by atoms with Gasteiger partial charge in [-0.1, -0.05) is 0 Å². The van der Waals surface area contributed by atoms with E-state index in [9.17, 15) is 0 Å². The lowest BCUT2D eigenvalue weighted by molar-refractivity contribution is 0.415. The number of nitrogens with one attached hydrogen (secondary N) is 1. The van der Waals surface area contributed by atoms with Crippen molar-refractivity contribution in [3.05, 3.63) is 23.7 Å². The van der Waals surface area contributed by atoms with E-state index >= 15 is 0 Å². The van der Waals surface area contributed by atoms with Crippen LogP contribution in [0.1, 0.15) is 26.6 Å². The van der Waals surface area contributed by atoms with Gasteiger partial charge in [0.05, 0.1) is 6.54 Å². The van der Waals surface area contributed by atoms with Crippen LogP contribution < -0.4 is 5.32 Å². The van der Waals surface area contributed by atoms with E-state index in [0.717, 1.165) is 11.0 Å². The highest BCUT2D eigenvalue weighted by atomic mass is 32.1. The Morgan fingerprint density at radius 1 is 1.38 bits per heavy atom. The molecule has 5 nitrogen and oxygen atoms in total. The molecule has 0 radical (unpaired) electrons. The van der Waals surface area contributed by atoms with Crippen LogP contribution in [0.5, 0.6) is 0 Å². The minimum atomic E-state index is 0.0691. The van der Waals surface area contributed by atoms with Gasteiger partial charge < -0.3 is 5.32 Å². The van der Waals surface area contributed by atoms with Crippen LogP contribution in [-0.4, -0.2) is 25.3 Å². The molecule has 0 spiro atoms. The standard InChI is InChI=1S/C10H15N5S/c1-10(2,3)13-6-8-12-7-14-15(8)9-11-4-5-16-9/h4-5,7,13H,6H2,1-3H3. The molecule has 0 saturated heterocycles. The quantitative estimate of drug-likeness (QED) is 0.881. The van der Waals surface area contributed by atoms with Crippen molar-refractivity contribution >= 4 is 11.3 Å². The highest BCUT2D eigenvalue weighted by molar-refractivity contribution is 7.12. The van der Waals surface area contributed by atoms with E-state index in [-0.39, 0.29) is 5.54 Å². The molecule has 1 N–H and O–H groups in total. The van der Waals surface area contributed by atoms with Gasteiger partial charge in [-0.2, -0.15) is 9.78 Å². The van der Waals surface area contributed by atoms with E-state index in [0.29, 0.717) is 6.54 Å². The van der Waals surface area contributed by atoms with Gasteiger partial charge in [0.25, 0.3) is 0 Å². The van der Waals surface area contributed by atoms with Crippen molar-refractivity contribution in [3.8, 4) is 5.13 Å². The molecule has 0 atom stereocenters. The molecule has 2 aromatic heterocycles. The van der Waals surface area contributed by atoms with Crippen molar-refractivity contribution in [1.82, 2.24) is 25.1 Å². The zero-order valence-corrected chi connectivity index (χ0v) is 10.5. The molecule has 2 rings (SSSR count). The molecule has 0 aromatic carbocycles. The van der Waals surface area contributed by atoms with Crippen LogP contribution in [-0.2, 0) is 6.54 Å². The largest absolute Gasteiger partial charge is 0.305 e. The second-order valence-corrected chi connectivity index (χ2v) is 5.38. The predicted molar refractivity (Wildman–Crippen MR) is 63.6 cm³/mol. The van der Waals surface area contributed by atoms with E-state index < -0.39 is 0 Å². The highest BCUT2D eigenvalue weighted by Crippen LogP contribution is 2.11. The fraction of sp³-hybridized carbons (Fsp3) is 0.500. The first kappa shape index (κ1) is 11.2. The monoisotopic (exact) mass is 237 g/mol. The van der Waals surface area contributed by atoms with E-state index in [2.05, 4.69) is 41.2 Å². The van der Waals surface area contributed by atoms with Crippen LogP contribution in [0.4, 0.5) is 0 Å². The van der Waals surface area contributed by atoms with Gasteiger partial charge in [0.2, 0.25) is 5.13 Å². The average molecular weight is 237 g/mol. The summed E-state index contributed by atoms with van der Waals surface area (Å²) in [5.41, 5.74) is 0.0691. The Balaban J connectivity index is 2.14. The molecule has 86 valence electrons. The zero-order valence-electron chi connectivity index (χ0n) is 9.64. The van der Waals surface area contributed by atoms with Crippen molar-refractivity contribution in [2.75, 3.05) is 0 Å². The van der Waals surface area contributed by atoms with E-state index in [1.807, 2.05) is 5.38 Å². The fourth-order valence-electron chi connectivity index (χ4n) is 1.21. The third-order valence-corrected chi connectivity index (χ3v) is 2.74. The van der Waals surface area contributed by atoms with E-state index in [4.69, 9.17) is 0 Å². The molecule has 0 aliphatic heterocycles. The third-order valence-electron chi connectivity index (χ3n) is 2.00. The van der Waals surface area contributed by atoms with Crippen LogP contribution in [0, 0.1) is 0 Å². The Hall–Kier alpha value is -1.27. The van der Waals surface area contributed by atoms with Gasteiger partial charge in [-0.25, -0.2) is 9.97 Å². The number of hydrogen-bond acceptors (Lipinski definition) is 5. The van der Waals surface area contributed by atoms with Crippen molar-refractivity contribution in [2.45, 2.75) is 32.9 Å². The van der Waals surface area contributed by atoms with Gasteiger partial charge in [0.15, 0.2) is 0 Å². The summed E-state index contributed by atoms with van der Waals surface area (Å²) in [6.07, 6.45) is 3.32. The van der Waals surface area contributed by atoms with Crippen molar-refractivity contribution in [3.63, 3.8) is 0 Å². The van der Waals surface area contributed by atoms with Crippen LogP contribution in [0.15, 0.2) is 17.9 Å². The number of aromatic nitrogens is 4. The van der Waals surface area contributed by atoms with Crippen molar-refractivity contribution in [1.29, 1.82) is 0 Å². The Kier molecular flexibility index (Phi) is 3.02. The molecule has 16 heavy (non-hydrogen) atoms. The van der Waals surface area contributed by atoms with Gasteiger partial charge in [0.1, 0.15) is 12.2 Å². The second-order valence-electron chi connectivity index (χ2n) is 4.51. The topological polar surface area (TPSA) is 55.6 Å². The first-order chi connectivity index (χ1) is 7.56. The highest BCUT2D eigenvalue weighted by Gasteiger charge is 2.13. The van der Waals surface area contributed by atoms with E-state index in [1.165, 1.54) is 0 Å². The molecule has 0 bridgehead atoms. The molecular weight excluding hydrogens is 222 g/mol. The minimum absolute atomic E-state index is 0.0691. The maximum atomic E-state index is 4.23. The molecular formula is C10H15N5S. The summed E-state index contributed by atoms with van der Waals surface area (Å²) in [5, 5.41) is 10.3. The Morgan fingerprint density at radius 2 is 2.19 bits per heavy atom. The normalized spacial score (nSPS) is 11.9. The number of rotatable bonds is 3. The number of thiazole rings is 1. The van der Waals surface area contributed by atoms with Gasteiger partial charge in [0, 0.05) is 17.1 Å². The van der Waals surface area contributed by atoms with Crippen molar-refractivity contribution in [2.24, 2.45) is 0 Å². The molecule has 0 aliphatic carbocycles. The smallest absolute Gasteiger partial charge is 0.212 e. The maximum Gasteiger partial charge on any atom is 0.212 e. The molecule has 0 amide bonds. The average Bonchev–Trinajstić information content (AvgIpc) is 2.84. The Labute approximate surface area is 98.5 Å². The number of hydrogen-bond donors (Lipinski definition) is 1. The lowest BCUT2D eigenvalue weighted by Gasteiger charge is -2.19. The second kappa shape index (κ2) is 4.31. The van der Waals surface area contributed by atoms with Gasteiger partial charge >= 0.3 is 0 Å². The summed E-state index contributed by atoms with van der Waals surface area (Å²) in [7, 11) is 0. The summed E-state index contributed by atoms with van der Waals surface area (Å²) < 4.78 is 1.77. The maximum absolute atomic E-state index is 4.23. The molecule has 0 saturated carbocycles. The van der Waals surface area contributed by atoms with Crippen LogP contribution in [0.25, 0.3) is 5.13 Å². The molecule has 0 fully saturated rings. The van der Waals surface area contributed by atoms with Crippen LogP contribution in [0.3, 0.4) is 0 Å².